The molecule has 0 bridgehead atoms. The third-order valence-electron chi connectivity index (χ3n) is 4.32. The predicted molar refractivity (Wildman–Crippen MR) is 124 cm³/mol. The van der Waals surface area contributed by atoms with E-state index in [1.807, 2.05) is 18.8 Å². The molecule has 0 saturated carbocycles. The van der Waals surface area contributed by atoms with Crippen LogP contribution in [0.15, 0.2) is 29.3 Å². The van der Waals surface area contributed by atoms with Gasteiger partial charge in [0, 0.05) is 50.4 Å². The quantitative estimate of drug-likeness (QED) is 0.257. The predicted octanol–water partition coefficient (Wildman–Crippen LogP) is 4.10. The standard InChI is InChI=1S/C19H32N4S.HI/c1-3-4-5-6-11-21-19(20-2)22-16-17-7-9-18(10-8-17)23-12-14-24-15-13-23;/h7-10H,3-6,11-16H2,1-2H3,(H2,20,21,22);1H. The lowest BCUT2D eigenvalue weighted by atomic mass is 10.2. The average molecular weight is 476 g/mol. The molecule has 1 aliphatic heterocycles. The molecule has 0 amide bonds. The fourth-order valence-corrected chi connectivity index (χ4v) is 3.71. The van der Waals surface area contributed by atoms with Crippen molar-refractivity contribution >= 4 is 47.4 Å². The molecular formula is C19H33IN4S. The number of thioether (sulfide) groups is 1. The number of hydrogen-bond donors (Lipinski definition) is 2. The van der Waals surface area contributed by atoms with E-state index >= 15 is 0 Å². The van der Waals surface area contributed by atoms with Crippen LogP contribution in [-0.4, -0.2) is 44.1 Å². The van der Waals surface area contributed by atoms with Gasteiger partial charge in [0.2, 0.25) is 0 Å². The Hall–Kier alpha value is -0.630. The van der Waals surface area contributed by atoms with Gasteiger partial charge >= 0.3 is 0 Å². The van der Waals surface area contributed by atoms with Crippen molar-refractivity contribution in [1.29, 1.82) is 0 Å². The maximum absolute atomic E-state index is 4.30. The number of nitrogens with one attached hydrogen (secondary N) is 2. The summed E-state index contributed by atoms with van der Waals surface area (Å²) in [6, 6.07) is 8.93. The minimum absolute atomic E-state index is 0. The van der Waals surface area contributed by atoms with Crippen molar-refractivity contribution in [3.63, 3.8) is 0 Å². The lowest BCUT2D eigenvalue weighted by molar-refractivity contribution is 0.647. The van der Waals surface area contributed by atoms with Crippen LogP contribution in [-0.2, 0) is 6.54 Å². The van der Waals surface area contributed by atoms with Crippen molar-refractivity contribution in [3.05, 3.63) is 29.8 Å². The molecule has 25 heavy (non-hydrogen) atoms. The number of rotatable bonds is 8. The molecule has 6 heteroatoms. The highest BCUT2D eigenvalue weighted by Gasteiger charge is 2.10. The summed E-state index contributed by atoms with van der Waals surface area (Å²) in [5, 5.41) is 6.79. The van der Waals surface area contributed by atoms with Crippen molar-refractivity contribution in [2.24, 2.45) is 4.99 Å². The zero-order valence-electron chi connectivity index (χ0n) is 15.6. The smallest absolute Gasteiger partial charge is 0.191 e. The zero-order valence-corrected chi connectivity index (χ0v) is 18.7. The van der Waals surface area contributed by atoms with Gasteiger partial charge in [-0.15, -0.1) is 24.0 Å². The van der Waals surface area contributed by atoms with Gasteiger partial charge < -0.3 is 15.5 Å². The van der Waals surface area contributed by atoms with Gasteiger partial charge in [-0.3, -0.25) is 4.99 Å². The largest absolute Gasteiger partial charge is 0.370 e. The van der Waals surface area contributed by atoms with Gasteiger partial charge in [0.15, 0.2) is 5.96 Å². The molecule has 0 atom stereocenters. The Morgan fingerprint density at radius 3 is 2.44 bits per heavy atom. The topological polar surface area (TPSA) is 39.7 Å². The van der Waals surface area contributed by atoms with E-state index in [9.17, 15) is 0 Å². The number of unbranched alkanes of at least 4 members (excludes halogenated alkanes) is 3. The zero-order chi connectivity index (χ0) is 17.0. The van der Waals surface area contributed by atoms with Crippen LogP contribution in [0.2, 0.25) is 0 Å². The van der Waals surface area contributed by atoms with Gasteiger partial charge in [-0.1, -0.05) is 38.3 Å². The third-order valence-corrected chi connectivity index (χ3v) is 5.26. The molecule has 0 unspecified atom stereocenters. The molecule has 0 spiro atoms. The molecule has 142 valence electrons. The summed E-state index contributed by atoms with van der Waals surface area (Å²) in [6.07, 6.45) is 5.09. The fraction of sp³-hybridized carbons (Fsp3) is 0.632. The second-order valence-corrected chi connectivity index (χ2v) is 7.40. The van der Waals surface area contributed by atoms with Gasteiger partial charge in [-0.2, -0.15) is 11.8 Å². The first kappa shape index (κ1) is 22.4. The normalized spacial score (nSPS) is 14.8. The summed E-state index contributed by atoms with van der Waals surface area (Å²) in [5.74, 6) is 3.37. The molecule has 1 aromatic carbocycles. The molecule has 4 nitrogen and oxygen atoms in total. The number of hydrogen-bond acceptors (Lipinski definition) is 3. The molecule has 1 aromatic rings. The van der Waals surface area contributed by atoms with E-state index in [1.165, 1.54) is 48.4 Å². The second-order valence-electron chi connectivity index (χ2n) is 6.18. The highest BCUT2D eigenvalue weighted by atomic mass is 127. The van der Waals surface area contributed by atoms with E-state index in [-0.39, 0.29) is 24.0 Å². The van der Waals surface area contributed by atoms with Gasteiger partial charge in [0.05, 0.1) is 0 Å². The number of aliphatic imine (C=N–C) groups is 1. The van der Waals surface area contributed by atoms with E-state index < -0.39 is 0 Å². The number of anilines is 1. The minimum Gasteiger partial charge on any atom is -0.370 e. The third kappa shape index (κ3) is 8.53. The Kier molecular flexibility index (Phi) is 12.2. The van der Waals surface area contributed by atoms with Crippen LogP contribution in [0.25, 0.3) is 0 Å². The highest BCUT2D eigenvalue weighted by Crippen LogP contribution is 2.19. The molecule has 1 heterocycles. The van der Waals surface area contributed by atoms with Crippen LogP contribution in [0.1, 0.15) is 38.2 Å². The lowest BCUT2D eigenvalue weighted by Crippen LogP contribution is -2.37. The molecule has 1 saturated heterocycles. The molecule has 2 rings (SSSR count). The van der Waals surface area contributed by atoms with Gasteiger partial charge in [0.25, 0.3) is 0 Å². The summed E-state index contributed by atoms with van der Waals surface area (Å²) in [6.45, 7) is 6.37. The first-order chi connectivity index (χ1) is 11.8. The van der Waals surface area contributed by atoms with Gasteiger partial charge in [-0.25, -0.2) is 0 Å². The first-order valence-electron chi connectivity index (χ1n) is 9.19. The van der Waals surface area contributed by atoms with E-state index in [4.69, 9.17) is 0 Å². The average Bonchev–Trinajstić information content (AvgIpc) is 2.65. The summed E-state index contributed by atoms with van der Waals surface area (Å²) < 4.78 is 0. The minimum atomic E-state index is 0. The maximum Gasteiger partial charge on any atom is 0.191 e. The van der Waals surface area contributed by atoms with Crippen molar-refractivity contribution in [2.45, 2.75) is 39.2 Å². The number of guanidine groups is 1. The second kappa shape index (κ2) is 13.6. The number of halogens is 1. The molecule has 2 N–H and O–H groups in total. The van der Waals surface area contributed by atoms with Crippen molar-refractivity contribution in [3.8, 4) is 0 Å². The number of benzene rings is 1. The van der Waals surface area contributed by atoms with E-state index in [0.717, 1.165) is 32.1 Å². The van der Waals surface area contributed by atoms with Crippen molar-refractivity contribution in [1.82, 2.24) is 10.6 Å². The Morgan fingerprint density at radius 2 is 1.80 bits per heavy atom. The van der Waals surface area contributed by atoms with Crippen LogP contribution in [0.4, 0.5) is 5.69 Å². The monoisotopic (exact) mass is 476 g/mol. The van der Waals surface area contributed by atoms with Gasteiger partial charge in [-0.05, 0) is 24.1 Å². The number of nitrogens with zero attached hydrogens (tertiary/aromatic N) is 2. The Bertz CT molecular complexity index is 487. The molecular weight excluding hydrogens is 443 g/mol. The molecule has 0 aliphatic carbocycles. The van der Waals surface area contributed by atoms with Crippen LogP contribution >= 0.6 is 35.7 Å². The Morgan fingerprint density at radius 1 is 1.08 bits per heavy atom. The first-order valence-corrected chi connectivity index (χ1v) is 10.3. The van der Waals surface area contributed by atoms with E-state index in [2.05, 4.69) is 51.7 Å². The van der Waals surface area contributed by atoms with Crippen LogP contribution < -0.4 is 15.5 Å². The Balaban J connectivity index is 0.00000312. The van der Waals surface area contributed by atoms with Gasteiger partial charge in [0.1, 0.15) is 0 Å². The summed E-state index contributed by atoms with van der Waals surface area (Å²) >= 11 is 2.05. The summed E-state index contributed by atoms with van der Waals surface area (Å²) in [7, 11) is 1.83. The van der Waals surface area contributed by atoms with Crippen LogP contribution in [0.3, 0.4) is 0 Å². The van der Waals surface area contributed by atoms with Crippen molar-refractivity contribution < 1.29 is 0 Å². The molecule has 0 aromatic heterocycles. The summed E-state index contributed by atoms with van der Waals surface area (Å²) in [4.78, 5) is 6.77. The molecule has 1 aliphatic rings. The lowest BCUT2D eigenvalue weighted by Gasteiger charge is -2.28. The van der Waals surface area contributed by atoms with Crippen LogP contribution in [0.5, 0.6) is 0 Å². The fourth-order valence-electron chi connectivity index (χ4n) is 2.81. The molecule has 0 radical (unpaired) electrons. The van der Waals surface area contributed by atoms with E-state index in [1.54, 1.807) is 0 Å². The van der Waals surface area contributed by atoms with Crippen molar-refractivity contribution in [2.75, 3.05) is 43.1 Å². The summed E-state index contributed by atoms with van der Waals surface area (Å²) in [5.41, 5.74) is 2.64. The molecule has 1 fully saturated rings. The van der Waals surface area contributed by atoms with Crippen LogP contribution in [0, 0.1) is 0 Å². The highest BCUT2D eigenvalue weighted by molar-refractivity contribution is 14.0. The Labute approximate surface area is 174 Å². The SMILES string of the molecule is CCCCCCNC(=NC)NCc1ccc(N2CCSCC2)cc1.I. The van der Waals surface area contributed by atoms with E-state index in [0.29, 0.717) is 0 Å². The maximum atomic E-state index is 4.30.